The molecule has 3 rings (SSSR count). The molecular weight excluding hydrogens is 320 g/mol. The molecule has 0 saturated carbocycles. The summed E-state index contributed by atoms with van der Waals surface area (Å²) < 4.78 is 0. The summed E-state index contributed by atoms with van der Waals surface area (Å²) in [6.07, 6.45) is 1.50. The van der Waals surface area contributed by atoms with Gasteiger partial charge >= 0.3 is 0 Å². The van der Waals surface area contributed by atoms with Crippen molar-refractivity contribution in [3.63, 3.8) is 0 Å². The molecule has 2 nitrogen and oxygen atoms in total. The van der Waals surface area contributed by atoms with Crippen LogP contribution in [-0.2, 0) is 10.8 Å². The van der Waals surface area contributed by atoms with E-state index < -0.39 is 6.10 Å². The van der Waals surface area contributed by atoms with Gasteiger partial charge in [0.1, 0.15) is 11.9 Å². The molecule has 0 heterocycles. The molecule has 26 heavy (non-hydrogen) atoms. The van der Waals surface area contributed by atoms with Crippen molar-refractivity contribution in [3.8, 4) is 17.6 Å². The van der Waals surface area contributed by atoms with Crippen molar-refractivity contribution in [1.82, 2.24) is 0 Å². The number of fused-ring (bicyclic) bond motifs is 1. The van der Waals surface area contributed by atoms with Crippen molar-refractivity contribution in [2.75, 3.05) is 0 Å². The first kappa shape index (κ1) is 18.5. The zero-order valence-corrected chi connectivity index (χ0v) is 16.4. The summed E-state index contributed by atoms with van der Waals surface area (Å²) >= 11 is 0. The number of hydrogen-bond donors (Lipinski definition) is 2. The average molecular weight is 348 g/mol. The Hall–Kier alpha value is -2.24. The van der Waals surface area contributed by atoms with Crippen molar-refractivity contribution in [2.45, 2.75) is 64.4 Å². The van der Waals surface area contributed by atoms with Gasteiger partial charge in [-0.15, -0.1) is 0 Å². The van der Waals surface area contributed by atoms with Gasteiger partial charge in [0.25, 0.3) is 0 Å². The van der Waals surface area contributed by atoms with Gasteiger partial charge in [0.05, 0.1) is 0 Å². The highest BCUT2D eigenvalue weighted by Gasteiger charge is 2.37. The second kappa shape index (κ2) is 6.49. The van der Waals surface area contributed by atoms with Gasteiger partial charge in [0, 0.05) is 5.56 Å². The van der Waals surface area contributed by atoms with Crippen LogP contribution >= 0.6 is 0 Å². The monoisotopic (exact) mass is 348 g/mol. The van der Waals surface area contributed by atoms with E-state index in [9.17, 15) is 10.2 Å². The Labute approximate surface area is 156 Å². The molecule has 1 atom stereocenters. The lowest BCUT2D eigenvalue weighted by Crippen LogP contribution is -2.34. The largest absolute Gasteiger partial charge is 0.508 e. The third-order valence-electron chi connectivity index (χ3n) is 5.75. The first-order chi connectivity index (χ1) is 12.1. The van der Waals surface area contributed by atoms with Crippen LogP contribution in [0.4, 0.5) is 0 Å². The molecule has 1 aliphatic rings. The van der Waals surface area contributed by atoms with Crippen LogP contribution in [0.1, 0.15) is 74.5 Å². The fraction of sp³-hybridized carbons (Fsp3) is 0.417. The maximum atomic E-state index is 10.7. The fourth-order valence-electron chi connectivity index (χ4n) is 3.81. The summed E-state index contributed by atoms with van der Waals surface area (Å²) in [5.41, 5.74) is 5.75. The highest BCUT2D eigenvalue weighted by atomic mass is 16.3. The van der Waals surface area contributed by atoms with Gasteiger partial charge < -0.3 is 10.2 Å². The summed E-state index contributed by atoms with van der Waals surface area (Å²) in [5, 5.41) is 20.1. The zero-order valence-electron chi connectivity index (χ0n) is 16.4. The average Bonchev–Trinajstić information content (AvgIpc) is 2.58. The molecule has 2 aromatic carbocycles. The van der Waals surface area contributed by atoms with Gasteiger partial charge in [-0.1, -0.05) is 51.7 Å². The highest BCUT2D eigenvalue weighted by Crippen LogP contribution is 2.47. The summed E-state index contributed by atoms with van der Waals surface area (Å²) in [6, 6.07) is 11.1. The number of rotatable bonds is 1. The fourth-order valence-corrected chi connectivity index (χ4v) is 3.81. The second-order valence-corrected chi connectivity index (χ2v) is 8.74. The van der Waals surface area contributed by atoms with Crippen LogP contribution in [0.25, 0.3) is 0 Å². The Balaban J connectivity index is 2.00. The lowest BCUT2D eigenvalue weighted by molar-refractivity contribution is 0.236. The molecular formula is C24H28O2. The summed E-state index contributed by atoms with van der Waals surface area (Å²) in [7, 11) is 0. The normalized spacial score (nSPS) is 18.4. The Morgan fingerprint density at radius 2 is 1.46 bits per heavy atom. The van der Waals surface area contributed by atoms with Crippen LogP contribution in [0.3, 0.4) is 0 Å². The number of aromatic hydroxyl groups is 1. The van der Waals surface area contributed by atoms with E-state index in [2.05, 4.69) is 58.6 Å². The number of phenols is 1. The summed E-state index contributed by atoms with van der Waals surface area (Å²) in [6.45, 7) is 11.2. The van der Waals surface area contributed by atoms with E-state index in [4.69, 9.17) is 0 Å². The first-order valence-electron chi connectivity index (χ1n) is 9.24. The van der Waals surface area contributed by atoms with Gasteiger partial charge in [-0.2, -0.15) is 0 Å². The standard InChI is InChI=1S/C24H28O2/c1-16-14-20-21(24(4,5)13-12-23(20,2)3)15-19(16)22(26)11-8-17-6-9-18(25)10-7-17/h6-7,9-10,14-15,22,25-26H,12-13H2,1-5H3. The van der Waals surface area contributed by atoms with E-state index >= 15 is 0 Å². The SMILES string of the molecule is Cc1cc2c(cc1C(O)C#Cc1ccc(O)cc1)C(C)(C)CCC2(C)C. The van der Waals surface area contributed by atoms with Crippen LogP contribution in [0.5, 0.6) is 5.75 Å². The van der Waals surface area contributed by atoms with Crippen molar-refractivity contribution in [1.29, 1.82) is 0 Å². The lowest BCUT2D eigenvalue weighted by Gasteiger charge is -2.42. The molecule has 1 aliphatic carbocycles. The molecule has 0 radical (unpaired) electrons. The molecule has 2 heteroatoms. The molecule has 2 N–H and O–H groups in total. The number of benzene rings is 2. The Kier molecular flexibility index (Phi) is 4.63. The molecule has 1 unspecified atom stereocenters. The predicted octanol–water partition coefficient (Wildman–Crippen LogP) is 5.13. The van der Waals surface area contributed by atoms with Crippen LogP contribution in [0, 0.1) is 18.8 Å². The van der Waals surface area contributed by atoms with Crippen LogP contribution in [-0.4, -0.2) is 10.2 Å². The molecule has 0 bridgehead atoms. The van der Waals surface area contributed by atoms with E-state index in [1.807, 2.05) is 0 Å². The first-order valence-corrected chi connectivity index (χ1v) is 9.24. The van der Waals surface area contributed by atoms with Crippen molar-refractivity contribution >= 4 is 0 Å². The quantitative estimate of drug-likeness (QED) is 0.701. The smallest absolute Gasteiger partial charge is 0.140 e. The van der Waals surface area contributed by atoms with Crippen molar-refractivity contribution in [3.05, 3.63) is 64.2 Å². The summed E-state index contributed by atoms with van der Waals surface area (Å²) in [5.74, 6) is 6.17. The second-order valence-electron chi connectivity index (χ2n) is 8.74. The Morgan fingerprint density at radius 3 is 2.04 bits per heavy atom. The number of hydrogen-bond acceptors (Lipinski definition) is 2. The molecule has 0 aromatic heterocycles. The Morgan fingerprint density at radius 1 is 0.923 bits per heavy atom. The molecule has 0 amide bonds. The highest BCUT2D eigenvalue weighted by molar-refractivity contribution is 5.49. The Bertz CT molecular complexity index is 877. The van der Waals surface area contributed by atoms with Gasteiger partial charge in [-0.05, 0) is 77.1 Å². The third-order valence-corrected chi connectivity index (χ3v) is 5.75. The van der Waals surface area contributed by atoms with Gasteiger partial charge in [-0.25, -0.2) is 0 Å². The minimum atomic E-state index is -0.824. The molecule has 0 aliphatic heterocycles. The van der Waals surface area contributed by atoms with Gasteiger partial charge in [0.2, 0.25) is 0 Å². The maximum Gasteiger partial charge on any atom is 0.140 e. The van der Waals surface area contributed by atoms with E-state index in [0.29, 0.717) is 0 Å². The molecule has 0 saturated heterocycles. The van der Waals surface area contributed by atoms with Crippen LogP contribution in [0.15, 0.2) is 36.4 Å². The number of phenolic OH excluding ortho intramolecular Hbond substituents is 1. The molecule has 2 aromatic rings. The molecule has 0 fully saturated rings. The van der Waals surface area contributed by atoms with E-state index in [-0.39, 0.29) is 16.6 Å². The summed E-state index contributed by atoms with van der Waals surface area (Å²) in [4.78, 5) is 0. The van der Waals surface area contributed by atoms with Gasteiger partial charge in [0.15, 0.2) is 0 Å². The predicted molar refractivity (Wildman–Crippen MR) is 106 cm³/mol. The maximum absolute atomic E-state index is 10.7. The number of aliphatic hydroxyl groups is 1. The number of aryl methyl sites for hydroxylation is 1. The van der Waals surface area contributed by atoms with Crippen LogP contribution < -0.4 is 0 Å². The molecule has 136 valence electrons. The van der Waals surface area contributed by atoms with Crippen molar-refractivity contribution < 1.29 is 10.2 Å². The zero-order chi connectivity index (χ0) is 19.1. The van der Waals surface area contributed by atoms with E-state index in [0.717, 1.165) is 23.1 Å². The van der Waals surface area contributed by atoms with E-state index in [1.54, 1.807) is 24.3 Å². The molecule has 0 spiro atoms. The van der Waals surface area contributed by atoms with Gasteiger partial charge in [-0.3, -0.25) is 0 Å². The van der Waals surface area contributed by atoms with E-state index in [1.165, 1.54) is 17.5 Å². The van der Waals surface area contributed by atoms with Crippen molar-refractivity contribution in [2.24, 2.45) is 0 Å². The number of aliphatic hydroxyl groups excluding tert-OH is 1. The minimum Gasteiger partial charge on any atom is -0.508 e. The van der Waals surface area contributed by atoms with Crippen LogP contribution in [0.2, 0.25) is 0 Å². The lowest BCUT2D eigenvalue weighted by atomic mass is 9.62. The topological polar surface area (TPSA) is 40.5 Å². The minimum absolute atomic E-state index is 0.109. The third kappa shape index (κ3) is 3.50.